The number of likely N-dealkylation sites (N-methyl/N-ethyl adjacent to an activating group) is 1. The van der Waals surface area contributed by atoms with E-state index in [1.165, 1.54) is 11.3 Å². The van der Waals surface area contributed by atoms with E-state index in [0.29, 0.717) is 36.0 Å². The molecule has 4 aromatic rings. The minimum absolute atomic E-state index is 0.275. The first-order chi connectivity index (χ1) is 15.5. The van der Waals surface area contributed by atoms with Crippen LogP contribution in [0.25, 0.3) is 22.0 Å². The molecule has 0 aliphatic carbocycles. The Morgan fingerprint density at radius 1 is 1.06 bits per heavy atom. The Balaban J connectivity index is 1.41. The van der Waals surface area contributed by atoms with Crippen LogP contribution in [0, 0.1) is 0 Å². The molecule has 8 nitrogen and oxygen atoms in total. The first kappa shape index (κ1) is 20.2. The fraction of sp³-hybridized carbons (Fsp3) is 0.174. The van der Waals surface area contributed by atoms with Gasteiger partial charge in [0, 0.05) is 43.4 Å². The van der Waals surface area contributed by atoms with Crippen LogP contribution < -0.4 is 5.32 Å². The van der Waals surface area contributed by atoms with Gasteiger partial charge in [0.1, 0.15) is 16.5 Å². The molecule has 1 amide bonds. The second kappa shape index (κ2) is 8.10. The van der Waals surface area contributed by atoms with Gasteiger partial charge >= 0.3 is 0 Å². The number of nitrogens with zero attached hydrogens (tertiary/aromatic N) is 5. The van der Waals surface area contributed by atoms with Crippen molar-refractivity contribution in [2.45, 2.75) is 12.0 Å². The second-order valence-electron chi connectivity index (χ2n) is 7.56. The number of benzene rings is 1. The molecule has 32 heavy (non-hydrogen) atoms. The number of aliphatic hydroxyl groups is 1. The summed E-state index contributed by atoms with van der Waals surface area (Å²) in [6.45, 7) is 0.531. The van der Waals surface area contributed by atoms with Gasteiger partial charge in [-0.2, -0.15) is 0 Å². The van der Waals surface area contributed by atoms with Crippen molar-refractivity contribution in [1.82, 2.24) is 24.8 Å². The lowest BCUT2D eigenvalue weighted by Gasteiger charge is -2.21. The smallest absolute Gasteiger partial charge is 0.258 e. The van der Waals surface area contributed by atoms with Crippen LogP contribution in [0.3, 0.4) is 0 Å². The normalized spacial score (nSPS) is 18.2. The molecule has 1 saturated heterocycles. The zero-order valence-electron chi connectivity index (χ0n) is 17.3. The topological polar surface area (TPSA) is 104 Å². The molecule has 0 spiro atoms. The summed E-state index contributed by atoms with van der Waals surface area (Å²) in [5.41, 5.74) is 1.35. The van der Waals surface area contributed by atoms with Gasteiger partial charge in [0.05, 0.1) is 5.69 Å². The summed E-state index contributed by atoms with van der Waals surface area (Å²) in [6.07, 6.45) is 3.74. The second-order valence-corrected chi connectivity index (χ2v) is 8.42. The molecule has 0 radical (unpaired) electrons. The number of amides is 1. The van der Waals surface area contributed by atoms with Crippen molar-refractivity contribution in [3.05, 3.63) is 71.9 Å². The summed E-state index contributed by atoms with van der Waals surface area (Å²) < 4.78 is 0. The molecule has 1 aliphatic heterocycles. The number of pyridine rings is 1. The number of likely N-dealkylation sites (tertiary alicyclic amines) is 1. The number of rotatable bonds is 5. The highest BCUT2D eigenvalue weighted by Gasteiger charge is 2.45. The third-order valence-electron chi connectivity index (χ3n) is 5.42. The van der Waals surface area contributed by atoms with E-state index in [1.54, 1.807) is 36.5 Å². The third-order valence-corrected chi connectivity index (χ3v) is 6.31. The highest BCUT2D eigenvalue weighted by atomic mass is 32.1. The molecule has 2 N–H and O–H groups in total. The van der Waals surface area contributed by atoms with Crippen molar-refractivity contribution < 1.29 is 9.90 Å². The zero-order chi connectivity index (χ0) is 22.1. The minimum atomic E-state index is -1.48. The average Bonchev–Trinajstić information content (AvgIpc) is 3.42. The van der Waals surface area contributed by atoms with E-state index in [0.717, 1.165) is 16.3 Å². The van der Waals surface area contributed by atoms with Gasteiger partial charge in [-0.05, 0) is 29.8 Å². The Kier molecular flexibility index (Phi) is 5.12. The molecule has 0 bridgehead atoms. The highest BCUT2D eigenvalue weighted by Crippen LogP contribution is 2.36. The number of carbonyl (C=O) groups excluding carboxylic acids is 1. The first-order valence-electron chi connectivity index (χ1n) is 10.1. The maximum atomic E-state index is 12.5. The van der Waals surface area contributed by atoms with Crippen LogP contribution >= 0.6 is 11.3 Å². The SMILES string of the molecule is CN1CC[C@@](O)(c2cccc(-c3nc(-c4ccnc(Nc5ccccn5)n4)cs3)c2)C1=O. The molecule has 9 heteroatoms. The first-order valence-corrected chi connectivity index (χ1v) is 11.0. The average molecular weight is 445 g/mol. The van der Waals surface area contributed by atoms with Gasteiger partial charge in [0.25, 0.3) is 5.91 Å². The van der Waals surface area contributed by atoms with Gasteiger partial charge in [-0.3, -0.25) is 4.79 Å². The monoisotopic (exact) mass is 444 g/mol. The van der Waals surface area contributed by atoms with Crippen molar-refractivity contribution in [3.63, 3.8) is 0 Å². The van der Waals surface area contributed by atoms with Crippen LogP contribution in [0.15, 0.2) is 66.3 Å². The maximum Gasteiger partial charge on any atom is 0.258 e. The largest absolute Gasteiger partial charge is 0.375 e. The Labute approximate surface area is 188 Å². The molecule has 5 rings (SSSR count). The van der Waals surface area contributed by atoms with Gasteiger partial charge in [-0.1, -0.05) is 24.3 Å². The molecule has 0 saturated carbocycles. The number of anilines is 2. The van der Waals surface area contributed by atoms with E-state index in [4.69, 9.17) is 4.98 Å². The van der Waals surface area contributed by atoms with Crippen LogP contribution in [-0.2, 0) is 10.4 Å². The van der Waals surface area contributed by atoms with Crippen LogP contribution in [0.2, 0.25) is 0 Å². The Bertz CT molecular complexity index is 1280. The summed E-state index contributed by atoms with van der Waals surface area (Å²) >= 11 is 1.48. The molecule has 160 valence electrons. The molecule has 1 aromatic carbocycles. The summed E-state index contributed by atoms with van der Waals surface area (Å²) in [4.78, 5) is 31.8. The third kappa shape index (κ3) is 3.72. The van der Waals surface area contributed by atoms with Crippen molar-refractivity contribution >= 4 is 29.0 Å². The molecule has 1 atom stereocenters. The fourth-order valence-corrected chi connectivity index (χ4v) is 4.48. The number of carbonyl (C=O) groups is 1. The van der Waals surface area contributed by atoms with Crippen LogP contribution in [0.4, 0.5) is 11.8 Å². The number of nitrogens with one attached hydrogen (secondary N) is 1. The minimum Gasteiger partial charge on any atom is -0.375 e. The lowest BCUT2D eigenvalue weighted by atomic mass is 9.91. The van der Waals surface area contributed by atoms with Crippen molar-refractivity contribution in [2.24, 2.45) is 0 Å². The van der Waals surface area contributed by atoms with Gasteiger partial charge < -0.3 is 15.3 Å². The summed E-state index contributed by atoms with van der Waals surface area (Å²) in [6, 6.07) is 14.8. The van der Waals surface area contributed by atoms with Gasteiger partial charge in [0.15, 0.2) is 5.60 Å². The van der Waals surface area contributed by atoms with E-state index >= 15 is 0 Å². The van der Waals surface area contributed by atoms with Crippen molar-refractivity contribution in [1.29, 1.82) is 0 Å². The van der Waals surface area contributed by atoms with Gasteiger partial charge in [0.2, 0.25) is 5.95 Å². The highest BCUT2D eigenvalue weighted by molar-refractivity contribution is 7.13. The molecular weight excluding hydrogens is 424 g/mol. The van der Waals surface area contributed by atoms with E-state index in [1.807, 2.05) is 41.8 Å². The Morgan fingerprint density at radius 2 is 1.97 bits per heavy atom. The standard InChI is InChI=1S/C23H20N6O2S/c1-29-12-9-23(31,21(29)30)16-6-4-5-15(13-16)20-26-18(14-32-20)17-8-11-25-22(27-17)28-19-7-2-3-10-24-19/h2-8,10-11,13-14,31H,9,12H2,1H3,(H,24,25,27,28)/t23-/m1/s1. The van der Waals surface area contributed by atoms with Crippen LogP contribution in [-0.4, -0.2) is 49.4 Å². The summed E-state index contributed by atoms with van der Waals surface area (Å²) in [5, 5.41) is 16.8. The number of aromatic nitrogens is 4. The molecular formula is C23H20N6O2S. The lowest BCUT2D eigenvalue weighted by molar-refractivity contribution is -0.143. The van der Waals surface area contributed by atoms with Crippen LogP contribution in [0.5, 0.6) is 0 Å². The lowest BCUT2D eigenvalue weighted by Crippen LogP contribution is -2.36. The Hall–Kier alpha value is -3.69. The number of hydrogen-bond acceptors (Lipinski definition) is 8. The van der Waals surface area contributed by atoms with E-state index < -0.39 is 5.60 Å². The van der Waals surface area contributed by atoms with Crippen molar-refractivity contribution in [3.8, 4) is 22.0 Å². The molecule has 4 heterocycles. The molecule has 1 aliphatic rings. The molecule has 0 unspecified atom stereocenters. The van der Waals surface area contributed by atoms with Crippen molar-refractivity contribution in [2.75, 3.05) is 18.9 Å². The van der Waals surface area contributed by atoms with Gasteiger partial charge in [-0.25, -0.2) is 19.9 Å². The fourth-order valence-electron chi connectivity index (χ4n) is 3.67. The van der Waals surface area contributed by atoms with E-state index in [2.05, 4.69) is 20.3 Å². The zero-order valence-corrected chi connectivity index (χ0v) is 18.1. The maximum absolute atomic E-state index is 12.5. The molecule has 3 aromatic heterocycles. The molecule has 1 fully saturated rings. The predicted octanol–water partition coefficient (Wildman–Crippen LogP) is 3.46. The summed E-state index contributed by atoms with van der Waals surface area (Å²) in [7, 11) is 1.70. The summed E-state index contributed by atoms with van der Waals surface area (Å²) in [5.74, 6) is 0.817. The number of thiazole rings is 1. The van der Waals surface area contributed by atoms with E-state index in [-0.39, 0.29) is 5.91 Å². The van der Waals surface area contributed by atoms with Gasteiger partial charge in [-0.15, -0.1) is 11.3 Å². The van der Waals surface area contributed by atoms with Crippen LogP contribution in [0.1, 0.15) is 12.0 Å². The quantitative estimate of drug-likeness (QED) is 0.486. The Morgan fingerprint density at radius 3 is 2.75 bits per heavy atom. The predicted molar refractivity (Wildman–Crippen MR) is 122 cm³/mol. The van der Waals surface area contributed by atoms with E-state index in [9.17, 15) is 9.90 Å². The number of hydrogen-bond donors (Lipinski definition) is 2.